The van der Waals surface area contributed by atoms with Crippen molar-refractivity contribution in [1.29, 1.82) is 0 Å². The zero-order chi connectivity index (χ0) is 19.1. The van der Waals surface area contributed by atoms with Gasteiger partial charge < -0.3 is 25.4 Å². The van der Waals surface area contributed by atoms with Crippen molar-refractivity contribution in [3.05, 3.63) is 23.8 Å². The Hall–Kier alpha value is -1.99. The van der Waals surface area contributed by atoms with E-state index in [4.69, 9.17) is 15.2 Å². The summed E-state index contributed by atoms with van der Waals surface area (Å²) in [4.78, 5) is 26.8. The van der Waals surface area contributed by atoms with Gasteiger partial charge in [-0.25, -0.2) is 0 Å². The third-order valence-corrected chi connectivity index (χ3v) is 4.30. The molecule has 1 fully saturated rings. The van der Waals surface area contributed by atoms with Crippen molar-refractivity contribution < 1.29 is 19.1 Å². The Balaban J connectivity index is 0.00000364. The maximum Gasteiger partial charge on any atom is 0.254 e. The molecule has 7 nitrogen and oxygen atoms in total. The van der Waals surface area contributed by atoms with Crippen LogP contribution < -0.4 is 20.5 Å². The summed E-state index contributed by atoms with van der Waals surface area (Å²) >= 11 is 0. The maximum absolute atomic E-state index is 12.9. The van der Waals surface area contributed by atoms with E-state index >= 15 is 0 Å². The molecule has 2 rings (SSSR count). The quantitative estimate of drug-likeness (QED) is 0.729. The predicted molar refractivity (Wildman–Crippen MR) is 107 cm³/mol. The first-order valence-corrected chi connectivity index (χ1v) is 9.08. The monoisotopic (exact) mass is 399 g/mol. The van der Waals surface area contributed by atoms with Crippen LogP contribution in [0.2, 0.25) is 0 Å². The number of amides is 2. The second-order valence-electron chi connectivity index (χ2n) is 6.70. The fourth-order valence-corrected chi connectivity index (χ4v) is 3.05. The van der Waals surface area contributed by atoms with Gasteiger partial charge in [0.15, 0.2) is 11.5 Å². The average Bonchev–Trinajstić information content (AvgIpc) is 2.65. The molecular weight excluding hydrogens is 370 g/mol. The predicted octanol–water partition coefficient (Wildman–Crippen LogP) is 1.83. The van der Waals surface area contributed by atoms with Crippen LogP contribution in [-0.2, 0) is 4.79 Å². The van der Waals surface area contributed by atoms with E-state index < -0.39 is 0 Å². The van der Waals surface area contributed by atoms with Crippen LogP contribution in [0.25, 0.3) is 0 Å². The lowest BCUT2D eigenvalue weighted by atomic mass is 9.96. The van der Waals surface area contributed by atoms with Crippen molar-refractivity contribution >= 4 is 24.2 Å². The molecule has 152 valence electrons. The summed E-state index contributed by atoms with van der Waals surface area (Å²) in [5.41, 5.74) is 5.95. The summed E-state index contributed by atoms with van der Waals surface area (Å²) < 4.78 is 11.0. The lowest BCUT2D eigenvalue weighted by Gasteiger charge is -2.32. The lowest BCUT2D eigenvalue weighted by Crippen LogP contribution is -2.46. The first-order valence-electron chi connectivity index (χ1n) is 9.08. The second kappa shape index (κ2) is 11.0. The van der Waals surface area contributed by atoms with E-state index in [-0.39, 0.29) is 36.2 Å². The van der Waals surface area contributed by atoms with Crippen LogP contribution in [-0.4, -0.2) is 56.1 Å². The Kier molecular flexibility index (Phi) is 9.38. The van der Waals surface area contributed by atoms with E-state index in [1.807, 2.05) is 13.8 Å². The van der Waals surface area contributed by atoms with Gasteiger partial charge in [-0.15, -0.1) is 12.4 Å². The molecule has 1 unspecified atom stereocenters. The normalized spacial score (nSPS) is 16.5. The molecule has 1 aliphatic rings. The summed E-state index contributed by atoms with van der Waals surface area (Å²) in [7, 11) is 1.55. The Labute approximate surface area is 167 Å². The van der Waals surface area contributed by atoms with Gasteiger partial charge in [-0.3, -0.25) is 9.59 Å². The number of halogens is 1. The molecule has 1 aromatic rings. The zero-order valence-electron chi connectivity index (χ0n) is 16.2. The molecule has 1 atom stereocenters. The Morgan fingerprint density at radius 3 is 2.70 bits per heavy atom. The molecule has 8 heteroatoms. The van der Waals surface area contributed by atoms with E-state index in [9.17, 15) is 9.59 Å². The van der Waals surface area contributed by atoms with E-state index in [2.05, 4.69) is 5.32 Å². The van der Waals surface area contributed by atoms with Gasteiger partial charge in [-0.2, -0.15) is 0 Å². The Bertz CT molecular complexity index is 639. The standard InChI is InChI=1S/C19H29N3O4.ClH/c1-13(2)26-16-7-6-14(11-17(16)25-3)19(24)22-10-4-5-15(12-22)18(23)21-9-8-20;/h6-7,11,13,15H,4-5,8-10,12,20H2,1-3H3,(H,21,23);1H. The van der Waals surface area contributed by atoms with Crippen molar-refractivity contribution in [2.75, 3.05) is 33.3 Å². The van der Waals surface area contributed by atoms with E-state index in [0.717, 1.165) is 12.8 Å². The number of hydrogen-bond donors (Lipinski definition) is 2. The summed E-state index contributed by atoms with van der Waals surface area (Å²) in [6.07, 6.45) is 1.60. The average molecular weight is 400 g/mol. The van der Waals surface area contributed by atoms with Gasteiger partial charge in [-0.05, 0) is 44.9 Å². The molecule has 0 aliphatic carbocycles. The minimum Gasteiger partial charge on any atom is -0.493 e. The highest BCUT2D eigenvalue weighted by Gasteiger charge is 2.29. The highest BCUT2D eigenvalue weighted by molar-refractivity contribution is 5.95. The smallest absolute Gasteiger partial charge is 0.254 e. The summed E-state index contributed by atoms with van der Waals surface area (Å²) in [6.45, 7) is 5.79. The van der Waals surface area contributed by atoms with Crippen LogP contribution in [0.15, 0.2) is 18.2 Å². The molecule has 0 bridgehead atoms. The SMILES string of the molecule is COc1cc(C(=O)N2CCCC(C(=O)NCCN)C2)ccc1OC(C)C.Cl. The third-order valence-electron chi connectivity index (χ3n) is 4.30. The van der Waals surface area contributed by atoms with Crippen LogP contribution in [0.3, 0.4) is 0 Å². The molecule has 3 N–H and O–H groups in total. The van der Waals surface area contributed by atoms with Crippen molar-refractivity contribution in [2.24, 2.45) is 11.7 Å². The molecule has 1 aliphatic heterocycles. The number of piperidine rings is 1. The number of likely N-dealkylation sites (tertiary alicyclic amines) is 1. The van der Waals surface area contributed by atoms with Crippen molar-refractivity contribution in [1.82, 2.24) is 10.2 Å². The number of nitrogens with two attached hydrogens (primary N) is 1. The van der Waals surface area contributed by atoms with Gasteiger partial charge in [0, 0.05) is 31.7 Å². The van der Waals surface area contributed by atoms with Crippen LogP contribution in [0.1, 0.15) is 37.0 Å². The van der Waals surface area contributed by atoms with E-state index in [1.54, 1.807) is 30.2 Å². The highest BCUT2D eigenvalue weighted by Crippen LogP contribution is 2.30. The maximum atomic E-state index is 12.9. The van der Waals surface area contributed by atoms with Crippen LogP contribution in [0, 0.1) is 5.92 Å². The molecule has 27 heavy (non-hydrogen) atoms. The molecule has 0 spiro atoms. The number of benzene rings is 1. The highest BCUT2D eigenvalue weighted by atomic mass is 35.5. The number of ether oxygens (including phenoxy) is 2. The zero-order valence-corrected chi connectivity index (χ0v) is 17.0. The van der Waals surface area contributed by atoms with Crippen LogP contribution in [0.4, 0.5) is 0 Å². The first kappa shape index (κ1) is 23.0. The molecular formula is C19H30ClN3O4. The molecule has 1 heterocycles. The minimum absolute atomic E-state index is 0. The topological polar surface area (TPSA) is 93.9 Å². The first-order chi connectivity index (χ1) is 12.5. The fourth-order valence-electron chi connectivity index (χ4n) is 3.05. The van der Waals surface area contributed by atoms with Gasteiger partial charge in [-0.1, -0.05) is 0 Å². The number of methoxy groups -OCH3 is 1. The van der Waals surface area contributed by atoms with Crippen LogP contribution in [0.5, 0.6) is 11.5 Å². The molecule has 0 radical (unpaired) electrons. The number of nitrogens with one attached hydrogen (secondary N) is 1. The van der Waals surface area contributed by atoms with Crippen LogP contribution >= 0.6 is 12.4 Å². The third kappa shape index (κ3) is 6.29. The molecule has 0 saturated carbocycles. The van der Waals surface area contributed by atoms with Gasteiger partial charge in [0.25, 0.3) is 5.91 Å². The van der Waals surface area contributed by atoms with Crippen molar-refractivity contribution in [2.45, 2.75) is 32.8 Å². The Morgan fingerprint density at radius 1 is 1.33 bits per heavy atom. The number of carbonyl (C=O) groups excluding carboxylic acids is 2. The molecule has 1 saturated heterocycles. The van der Waals surface area contributed by atoms with Gasteiger partial charge in [0.1, 0.15) is 0 Å². The van der Waals surface area contributed by atoms with Gasteiger partial charge in [0.05, 0.1) is 19.1 Å². The van der Waals surface area contributed by atoms with Crippen molar-refractivity contribution in [3.63, 3.8) is 0 Å². The summed E-state index contributed by atoms with van der Waals surface area (Å²) in [5.74, 6) is 0.808. The molecule has 1 aromatic carbocycles. The summed E-state index contributed by atoms with van der Waals surface area (Å²) in [6, 6.07) is 5.18. The second-order valence-corrected chi connectivity index (χ2v) is 6.70. The lowest BCUT2D eigenvalue weighted by molar-refractivity contribution is -0.126. The van der Waals surface area contributed by atoms with Gasteiger partial charge >= 0.3 is 0 Å². The number of rotatable bonds is 7. The summed E-state index contributed by atoms with van der Waals surface area (Å²) in [5, 5.41) is 2.81. The largest absolute Gasteiger partial charge is 0.493 e. The van der Waals surface area contributed by atoms with E-state index in [1.165, 1.54) is 0 Å². The molecule has 0 aromatic heterocycles. The van der Waals surface area contributed by atoms with Crippen molar-refractivity contribution in [3.8, 4) is 11.5 Å². The Morgan fingerprint density at radius 2 is 2.07 bits per heavy atom. The molecule has 2 amide bonds. The van der Waals surface area contributed by atoms with E-state index in [0.29, 0.717) is 43.2 Å². The van der Waals surface area contributed by atoms with Gasteiger partial charge in [0.2, 0.25) is 5.91 Å². The number of carbonyl (C=O) groups is 2. The minimum atomic E-state index is -0.190. The number of nitrogens with zero attached hydrogens (tertiary/aromatic N) is 1. The number of hydrogen-bond acceptors (Lipinski definition) is 5. The fraction of sp³-hybridized carbons (Fsp3) is 0.579.